The number of halogens is 2. The van der Waals surface area contributed by atoms with Crippen LogP contribution in [0.15, 0.2) is 29.8 Å². The highest BCUT2D eigenvalue weighted by molar-refractivity contribution is 5.54. The third-order valence-corrected chi connectivity index (χ3v) is 2.95. The summed E-state index contributed by atoms with van der Waals surface area (Å²) in [7, 11) is 0. The third kappa shape index (κ3) is 6.15. The van der Waals surface area contributed by atoms with Gasteiger partial charge < -0.3 is 10.1 Å². The number of rotatable bonds is 8. The molecule has 1 rings (SSSR count). The standard InChI is InChI=1S/C16H23F2NO/c1-4-9-19-11-14(12(2)3)10-13-5-7-15(8-6-13)20-16(17)18/h5-8,10,12,16,19H,4,9,11H2,1-3H3. The molecule has 0 aliphatic rings. The molecule has 112 valence electrons. The smallest absolute Gasteiger partial charge is 0.387 e. The highest BCUT2D eigenvalue weighted by Gasteiger charge is 2.05. The van der Waals surface area contributed by atoms with Crippen LogP contribution in [0.1, 0.15) is 32.8 Å². The molecule has 0 fully saturated rings. The van der Waals surface area contributed by atoms with Crippen molar-refractivity contribution in [2.45, 2.75) is 33.8 Å². The second-order valence-corrected chi connectivity index (χ2v) is 5.00. The van der Waals surface area contributed by atoms with Gasteiger partial charge in [0.05, 0.1) is 0 Å². The molecule has 0 bridgehead atoms. The molecule has 1 aromatic rings. The zero-order valence-corrected chi connectivity index (χ0v) is 12.3. The quantitative estimate of drug-likeness (QED) is 0.717. The molecule has 0 spiro atoms. The van der Waals surface area contributed by atoms with E-state index in [-0.39, 0.29) is 5.75 Å². The molecular formula is C16H23F2NO. The zero-order valence-electron chi connectivity index (χ0n) is 12.3. The summed E-state index contributed by atoms with van der Waals surface area (Å²) < 4.78 is 28.5. The fourth-order valence-electron chi connectivity index (χ4n) is 1.79. The lowest BCUT2D eigenvalue weighted by atomic mass is 10.00. The van der Waals surface area contributed by atoms with Crippen molar-refractivity contribution in [1.29, 1.82) is 0 Å². The fraction of sp³-hybridized carbons (Fsp3) is 0.500. The number of nitrogens with one attached hydrogen (secondary N) is 1. The summed E-state index contributed by atoms with van der Waals surface area (Å²) in [4.78, 5) is 0. The van der Waals surface area contributed by atoms with Crippen molar-refractivity contribution in [2.24, 2.45) is 5.92 Å². The average molecular weight is 283 g/mol. The lowest BCUT2D eigenvalue weighted by Gasteiger charge is -2.13. The van der Waals surface area contributed by atoms with Gasteiger partial charge in [0, 0.05) is 6.54 Å². The van der Waals surface area contributed by atoms with E-state index >= 15 is 0 Å². The fourth-order valence-corrected chi connectivity index (χ4v) is 1.79. The molecule has 0 aliphatic carbocycles. The van der Waals surface area contributed by atoms with Gasteiger partial charge in [0.25, 0.3) is 0 Å². The normalized spacial score (nSPS) is 12.2. The first-order chi connectivity index (χ1) is 9.52. The van der Waals surface area contributed by atoms with E-state index in [1.807, 2.05) is 0 Å². The lowest BCUT2D eigenvalue weighted by molar-refractivity contribution is -0.0498. The average Bonchev–Trinajstić information content (AvgIpc) is 2.39. The van der Waals surface area contributed by atoms with Gasteiger partial charge in [-0.2, -0.15) is 8.78 Å². The highest BCUT2D eigenvalue weighted by atomic mass is 19.3. The largest absolute Gasteiger partial charge is 0.435 e. The molecule has 1 N–H and O–H groups in total. The van der Waals surface area contributed by atoms with Gasteiger partial charge in [-0.3, -0.25) is 0 Å². The highest BCUT2D eigenvalue weighted by Crippen LogP contribution is 2.18. The Labute approximate surface area is 119 Å². The minimum atomic E-state index is -2.78. The lowest BCUT2D eigenvalue weighted by Crippen LogP contribution is -2.19. The van der Waals surface area contributed by atoms with E-state index < -0.39 is 6.61 Å². The zero-order chi connectivity index (χ0) is 15.0. The van der Waals surface area contributed by atoms with Crippen molar-refractivity contribution in [3.63, 3.8) is 0 Å². The molecule has 20 heavy (non-hydrogen) atoms. The van der Waals surface area contributed by atoms with Gasteiger partial charge in [0.15, 0.2) is 0 Å². The van der Waals surface area contributed by atoms with Crippen LogP contribution >= 0.6 is 0 Å². The molecule has 0 heterocycles. The molecule has 0 aromatic heterocycles. The summed E-state index contributed by atoms with van der Waals surface area (Å²) >= 11 is 0. The molecule has 1 aromatic carbocycles. The van der Waals surface area contributed by atoms with E-state index in [0.29, 0.717) is 5.92 Å². The van der Waals surface area contributed by atoms with Crippen LogP contribution < -0.4 is 10.1 Å². The van der Waals surface area contributed by atoms with Gasteiger partial charge in [-0.05, 0) is 36.6 Å². The number of benzene rings is 1. The van der Waals surface area contributed by atoms with Gasteiger partial charge in [0.1, 0.15) is 5.75 Å². The summed E-state index contributed by atoms with van der Waals surface area (Å²) in [5.41, 5.74) is 2.29. The SMILES string of the molecule is CCCNCC(=Cc1ccc(OC(F)F)cc1)C(C)C. The minimum absolute atomic E-state index is 0.187. The molecule has 0 atom stereocenters. The summed E-state index contributed by atoms with van der Waals surface area (Å²) in [5.74, 6) is 0.628. The summed E-state index contributed by atoms with van der Waals surface area (Å²) in [6.07, 6.45) is 3.20. The molecule has 0 amide bonds. The van der Waals surface area contributed by atoms with Crippen molar-refractivity contribution >= 4 is 6.08 Å². The molecule has 0 saturated heterocycles. The first-order valence-corrected chi connectivity index (χ1v) is 6.99. The van der Waals surface area contributed by atoms with Gasteiger partial charge in [0.2, 0.25) is 0 Å². The second-order valence-electron chi connectivity index (χ2n) is 5.00. The first-order valence-electron chi connectivity index (χ1n) is 6.99. The van der Waals surface area contributed by atoms with Crippen molar-refractivity contribution in [3.8, 4) is 5.75 Å². The number of hydrogen-bond donors (Lipinski definition) is 1. The molecule has 0 aliphatic heterocycles. The Morgan fingerprint density at radius 3 is 2.40 bits per heavy atom. The van der Waals surface area contributed by atoms with E-state index in [9.17, 15) is 8.78 Å². The monoisotopic (exact) mass is 283 g/mol. The molecule has 0 unspecified atom stereocenters. The van der Waals surface area contributed by atoms with Gasteiger partial charge in [-0.15, -0.1) is 0 Å². The predicted octanol–water partition coefficient (Wildman–Crippen LogP) is 4.33. The first kappa shape index (κ1) is 16.6. The van der Waals surface area contributed by atoms with Crippen LogP contribution in [-0.2, 0) is 0 Å². The molecule has 0 radical (unpaired) electrons. The van der Waals surface area contributed by atoms with Crippen LogP contribution in [-0.4, -0.2) is 19.7 Å². The van der Waals surface area contributed by atoms with E-state index in [4.69, 9.17) is 0 Å². The van der Waals surface area contributed by atoms with Crippen molar-refractivity contribution in [1.82, 2.24) is 5.32 Å². The van der Waals surface area contributed by atoms with E-state index in [1.54, 1.807) is 24.3 Å². The van der Waals surface area contributed by atoms with Gasteiger partial charge in [-0.25, -0.2) is 0 Å². The Bertz CT molecular complexity index is 413. The second kappa shape index (κ2) is 8.69. The number of hydrogen-bond acceptors (Lipinski definition) is 2. The molecular weight excluding hydrogens is 260 g/mol. The Morgan fingerprint density at radius 1 is 1.25 bits per heavy atom. The van der Waals surface area contributed by atoms with Crippen LogP contribution in [0.3, 0.4) is 0 Å². The van der Waals surface area contributed by atoms with E-state index in [0.717, 1.165) is 25.1 Å². The molecule has 2 nitrogen and oxygen atoms in total. The number of ether oxygens (including phenoxy) is 1. The van der Waals surface area contributed by atoms with Crippen molar-refractivity contribution in [3.05, 3.63) is 35.4 Å². The van der Waals surface area contributed by atoms with Gasteiger partial charge in [-0.1, -0.05) is 44.6 Å². The Kier molecular flexibility index (Phi) is 7.23. The van der Waals surface area contributed by atoms with Crippen LogP contribution in [0.4, 0.5) is 8.78 Å². The number of alkyl halides is 2. The summed E-state index contributed by atoms with van der Waals surface area (Å²) in [6, 6.07) is 6.71. The van der Waals surface area contributed by atoms with Crippen LogP contribution in [0, 0.1) is 5.92 Å². The maximum absolute atomic E-state index is 12.1. The van der Waals surface area contributed by atoms with Crippen molar-refractivity contribution < 1.29 is 13.5 Å². The predicted molar refractivity (Wildman–Crippen MR) is 79.0 cm³/mol. The van der Waals surface area contributed by atoms with E-state index in [2.05, 4.69) is 36.9 Å². The van der Waals surface area contributed by atoms with E-state index in [1.165, 1.54) is 5.57 Å². The molecule has 4 heteroatoms. The minimum Gasteiger partial charge on any atom is -0.435 e. The maximum Gasteiger partial charge on any atom is 0.387 e. The summed E-state index contributed by atoms with van der Waals surface area (Å²) in [6.45, 7) is 5.49. The summed E-state index contributed by atoms with van der Waals surface area (Å²) in [5, 5.41) is 3.38. The third-order valence-electron chi connectivity index (χ3n) is 2.95. The van der Waals surface area contributed by atoms with Gasteiger partial charge >= 0.3 is 6.61 Å². The maximum atomic E-state index is 12.1. The van der Waals surface area contributed by atoms with Crippen LogP contribution in [0.5, 0.6) is 5.75 Å². The topological polar surface area (TPSA) is 21.3 Å². The Hall–Kier alpha value is -1.42. The Morgan fingerprint density at radius 2 is 1.90 bits per heavy atom. The molecule has 0 saturated carbocycles. The van der Waals surface area contributed by atoms with Crippen molar-refractivity contribution in [2.75, 3.05) is 13.1 Å². The van der Waals surface area contributed by atoms with Crippen LogP contribution in [0.2, 0.25) is 0 Å². The Balaban J connectivity index is 2.72. The van der Waals surface area contributed by atoms with Crippen LogP contribution in [0.25, 0.3) is 6.08 Å².